The van der Waals surface area contributed by atoms with Crippen LogP contribution in [0.2, 0.25) is 0 Å². The summed E-state index contributed by atoms with van der Waals surface area (Å²) in [5.41, 5.74) is 4.41. The van der Waals surface area contributed by atoms with Gasteiger partial charge in [0.25, 0.3) is 11.8 Å². The molecule has 0 saturated carbocycles. The molecule has 6 heteroatoms. The lowest BCUT2D eigenvalue weighted by atomic mass is 10.0. The van der Waals surface area contributed by atoms with E-state index in [1.54, 1.807) is 19.2 Å². The number of carbonyl (C=O) groups excluding carboxylic acids is 2. The first-order valence-electron chi connectivity index (χ1n) is 12.0. The highest BCUT2D eigenvalue weighted by Crippen LogP contribution is 2.32. The van der Waals surface area contributed by atoms with Crippen molar-refractivity contribution >= 4 is 28.8 Å². The van der Waals surface area contributed by atoms with E-state index in [1.165, 1.54) is 23.4 Å². The summed E-state index contributed by atoms with van der Waals surface area (Å²) in [4.78, 5) is 30.7. The van der Waals surface area contributed by atoms with Crippen molar-refractivity contribution in [2.24, 2.45) is 0 Å². The molecule has 3 aromatic rings. The van der Waals surface area contributed by atoms with E-state index < -0.39 is 0 Å². The van der Waals surface area contributed by atoms with E-state index in [-0.39, 0.29) is 11.8 Å². The Kier molecular flexibility index (Phi) is 6.53. The Labute approximate surface area is 205 Å². The molecule has 5 rings (SSSR count). The van der Waals surface area contributed by atoms with Gasteiger partial charge in [0.15, 0.2) is 0 Å². The summed E-state index contributed by atoms with van der Waals surface area (Å²) < 4.78 is 5.27. The van der Waals surface area contributed by atoms with Gasteiger partial charge in [0.1, 0.15) is 11.4 Å². The van der Waals surface area contributed by atoms with Crippen molar-refractivity contribution in [3.8, 4) is 5.75 Å². The lowest BCUT2D eigenvalue weighted by Gasteiger charge is -2.18. The molecule has 6 nitrogen and oxygen atoms in total. The molecule has 0 unspecified atom stereocenters. The number of imide groups is 1. The van der Waals surface area contributed by atoms with Gasteiger partial charge in [-0.25, -0.2) is 0 Å². The fourth-order valence-corrected chi connectivity index (χ4v) is 4.68. The van der Waals surface area contributed by atoms with Gasteiger partial charge < -0.3 is 15.0 Å². The Hall–Kier alpha value is -4.06. The van der Waals surface area contributed by atoms with E-state index in [1.807, 2.05) is 54.6 Å². The highest BCUT2D eigenvalue weighted by atomic mass is 16.5. The third-order valence-corrected chi connectivity index (χ3v) is 6.62. The van der Waals surface area contributed by atoms with E-state index in [9.17, 15) is 9.59 Å². The lowest BCUT2D eigenvalue weighted by Crippen LogP contribution is -2.34. The predicted octanol–water partition coefficient (Wildman–Crippen LogP) is 4.73. The van der Waals surface area contributed by atoms with Crippen LogP contribution >= 0.6 is 0 Å². The van der Waals surface area contributed by atoms with Gasteiger partial charge in [0.05, 0.1) is 12.7 Å². The van der Waals surface area contributed by atoms with Gasteiger partial charge in [-0.2, -0.15) is 0 Å². The summed E-state index contributed by atoms with van der Waals surface area (Å²) in [5, 5.41) is 3.26. The maximum Gasteiger partial charge on any atom is 0.278 e. The first-order valence-corrected chi connectivity index (χ1v) is 12.0. The van der Waals surface area contributed by atoms with Gasteiger partial charge >= 0.3 is 0 Å². The van der Waals surface area contributed by atoms with Crippen LogP contribution in [0.5, 0.6) is 5.75 Å². The monoisotopic (exact) mass is 467 g/mol. The number of nitrogens with one attached hydrogen (secondary N) is 1. The molecule has 3 aromatic carbocycles. The number of nitrogens with zero attached hydrogens (tertiary/aromatic N) is 2. The molecule has 178 valence electrons. The molecule has 2 amide bonds. The van der Waals surface area contributed by atoms with Crippen molar-refractivity contribution in [2.45, 2.75) is 19.3 Å². The molecule has 0 radical (unpaired) electrons. The zero-order chi connectivity index (χ0) is 24.2. The first kappa shape index (κ1) is 22.7. The molecule has 1 N–H and O–H groups in total. The quantitative estimate of drug-likeness (QED) is 0.486. The summed E-state index contributed by atoms with van der Waals surface area (Å²) in [6.07, 6.45) is 3.03. The van der Waals surface area contributed by atoms with Crippen LogP contribution in [0.3, 0.4) is 0 Å². The number of hydrogen-bond acceptors (Lipinski definition) is 5. The molecule has 0 atom stereocenters. The molecule has 0 aromatic heterocycles. The van der Waals surface area contributed by atoms with Crippen molar-refractivity contribution in [2.75, 3.05) is 37.0 Å². The second kappa shape index (κ2) is 10.1. The topological polar surface area (TPSA) is 61.9 Å². The van der Waals surface area contributed by atoms with Crippen LogP contribution in [0.25, 0.3) is 5.57 Å². The maximum absolute atomic E-state index is 13.5. The van der Waals surface area contributed by atoms with Gasteiger partial charge in [-0.05, 0) is 66.8 Å². The molecular weight excluding hydrogens is 438 g/mol. The second-order valence-electron chi connectivity index (χ2n) is 8.84. The summed E-state index contributed by atoms with van der Waals surface area (Å²) in [5.74, 6) is 0.103. The van der Waals surface area contributed by atoms with E-state index >= 15 is 0 Å². The van der Waals surface area contributed by atoms with Crippen LogP contribution in [0.15, 0.2) is 84.6 Å². The largest absolute Gasteiger partial charge is 0.497 e. The fraction of sp³-hybridized carbons (Fsp3) is 0.241. The summed E-state index contributed by atoms with van der Waals surface area (Å²) in [6.45, 7) is 2.46. The van der Waals surface area contributed by atoms with Crippen LogP contribution in [0.1, 0.15) is 24.0 Å². The molecule has 1 saturated heterocycles. The average molecular weight is 468 g/mol. The van der Waals surface area contributed by atoms with Gasteiger partial charge in [-0.15, -0.1) is 0 Å². The zero-order valence-electron chi connectivity index (χ0n) is 19.9. The molecule has 0 aliphatic carbocycles. The maximum atomic E-state index is 13.5. The van der Waals surface area contributed by atoms with E-state index in [0.29, 0.717) is 35.5 Å². The van der Waals surface area contributed by atoms with Crippen LogP contribution < -0.4 is 15.0 Å². The number of amides is 2. The van der Waals surface area contributed by atoms with Crippen LogP contribution in [0, 0.1) is 0 Å². The highest BCUT2D eigenvalue weighted by molar-refractivity contribution is 6.36. The SMILES string of the molecule is COc1ccc(C2=C(Nc3ccc(N4CCCC4)cc3)C(=O)N(CCc3ccccc3)C2=O)cc1. The molecule has 35 heavy (non-hydrogen) atoms. The highest BCUT2D eigenvalue weighted by Gasteiger charge is 2.39. The zero-order valence-corrected chi connectivity index (χ0v) is 19.9. The summed E-state index contributed by atoms with van der Waals surface area (Å²) >= 11 is 0. The normalized spacial score (nSPS) is 15.8. The number of carbonyl (C=O) groups is 2. The van der Waals surface area contributed by atoms with Gasteiger partial charge in [-0.3, -0.25) is 14.5 Å². The number of hydrogen-bond donors (Lipinski definition) is 1. The van der Waals surface area contributed by atoms with Crippen molar-refractivity contribution in [3.05, 3.63) is 95.7 Å². The molecule has 1 fully saturated rings. The van der Waals surface area contributed by atoms with E-state index in [2.05, 4.69) is 22.3 Å². The third-order valence-electron chi connectivity index (χ3n) is 6.62. The molecule has 2 aliphatic heterocycles. The Bertz CT molecular complexity index is 1230. The minimum Gasteiger partial charge on any atom is -0.497 e. The van der Waals surface area contributed by atoms with Gasteiger partial charge in [0, 0.05) is 31.0 Å². The lowest BCUT2D eigenvalue weighted by molar-refractivity contribution is -0.136. The fourth-order valence-electron chi connectivity index (χ4n) is 4.68. The van der Waals surface area contributed by atoms with Crippen molar-refractivity contribution < 1.29 is 14.3 Å². The van der Waals surface area contributed by atoms with Gasteiger partial charge in [-0.1, -0.05) is 42.5 Å². The first-order chi connectivity index (χ1) is 17.1. The molecule has 2 aliphatic rings. The standard InChI is InChI=1S/C29H29N3O3/c1-35-25-15-9-22(10-16-25)26-27(30-23-11-13-24(14-12-23)31-18-5-6-19-31)29(34)32(28(26)33)20-17-21-7-3-2-4-8-21/h2-4,7-16,30H,5-6,17-20H2,1H3. The minimum atomic E-state index is -0.305. The van der Waals surface area contributed by atoms with Crippen molar-refractivity contribution in [1.82, 2.24) is 4.90 Å². The number of rotatable bonds is 8. The Balaban J connectivity index is 1.42. The Morgan fingerprint density at radius 2 is 1.51 bits per heavy atom. The summed E-state index contributed by atoms with van der Waals surface area (Å²) in [7, 11) is 1.60. The Morgan fingerprint density at radius 3 is 2.17 bits per heavy atom. The summed E-state index contributed by atoms with van der Waals surface area (Å²) in [6, 6.07) is 25.2. The smallest absolute Gasteiger partial charge is 0.278 e. The Morgan fingerprint density at radius 1 is 0.829 bits per heavy atom. The average Bonchev–Trinajstić information content (AvgIpc) is 3.52. The predicted molar refractivity (Wildman–Crippen MR) is 138 cm³/mol. The molecule has 2 heterocycles. The van der Waals surface area contributed by atoms with Crippen LogP contribution in [-0.2, 0) is 16.0 Å². The molecule has 0 spiro atoms. The van der Waals surface area contributed by atoms with Crippen molar-refractivity contribution in [1.29, 1.82) is 0 Å². The van der Waals surface area contributed by atoms with Crippen LogP contribution in [0.4, 0.5) is 11.4 Å². The molecular formula is C29H29N3O3. The van der Waals surface area contributed by atoms with E-state index in [0.717, 1.165) is 24.3 Å². The number of benzene rings is 3. The number of anilines is 2. The van der Waals surface area contributed by atoms with E-state index in [4.69, 9.17) is 4.74 Å². The minimum absolute atomic E-state index is 0.285. The van der Waals surface area contributed by atoms with Crippen LogP contribution in [-0.4, -0.2) is 43.5 Å². The van der Waals surface area contributed by atoms with Gasteiger partial charge in [0.2, 0.25) is 0 Å². The molecule has 0 bridgehead atoms. The third kappa shape index (κ3) is 4.78. The number of methoxy groups -OCH3 is 1. The van der Waals surface area contributed by atoms with Crippen molar-refractivity contribution in [3.63, 3.8) is 0 Å². The number of ether oxygens (including phenoxy) is 1. The second-order valence-corrected chi connectivity index (χ2v) is 8.84.